The van der Waals surface area contributed by atoms with E-state index in [2.05, 4.69) is 60.1 Å². The molecular weight excluding hydrogens is 244 g/mol. The molecule has 96 valence electrons. The maximum absolute atomic E-state index is 5.23. The van der Waals surface area contributed by atoms with Gasteiger partial charge in [0.25, 0.3) is 0 Å². The lowest BCUT2D eigenvalue weighted by atomic mass is 10.2. The molecule has 0 saturated carbocycles. The minimum Gasteiger partial charge on any atom is -0.311 e. The first-order valence-corrected chi connectivity index (χ1v) is 6.57. The molecule has 18 heavy (non-hydrogen) atoms. The molecule has 0 spiro atoms. The standard InChI is InChI=1S/C13H18N4S/c1-4-16(11-8-6-10(3)7-9-11)12-14-15-13(18)17(12)5-2/h6-9H,4-5H2,1-3H3,(H,15,18). The lowest BCUT2D eigenvalue weighted by Crippen LogP contribution is -2.20. The van der Waals surface area contributed by atoms with Gasteiger partial charge in [-0.1, -0.05) is 17.7 Å². The van der Waals surface area contributed by atoms with Crippen LogP contribution in [0.5, 0.6) is 0 Å². The summed E-state index contributed by atoms with van der Waals surface area (Å²) < 4.78 is 2.66. The number of anilines is 2. The molecule has 1 heterocycles. The van der Waals surface area contributed by atoms with Gasteiger partial charge in [-0.15, -0.1) is 5.10 Å². The van der Waals surface area contributed by atoms with Gasteiger partial charge in [-0.05, 0) is 45.1 Å². The first-order chi connectivity index (χ1) is 8.67. The summed E-state index contributed by atoms with van der Waals surface area (Å²) in [5, 5.41) is 7.19. The van der Waals surface area contributed by atoms with Crippen molar-refractivity contribution in [3.63, 3.8) is 0 Å². The summed E-state index contributed by atoms with van der Waals surface area (Å²) in [5.41, 5.74) is 2.39. The van der Waals surface area contributed by atoms with Crippen LogP contribution in [0.2, 0.25) is 0 Å². The Bertz CT molecular complexity index is 567. The monoisotopic (exact) mass is 262 g/mol. The summed E-state index contributed by atoms with van der Waals surface area (Å²) >= 11 is 5.23. The van der Waals surface area contributed by atoms with Crippen LogP contribution in [-0.4, -0.2) is 21.3 Å². The van der Waals surface area contributed by atoms with Crippen molar-refractivity contribution in [3.8, 4) is 0 Å². The van der Waals surface area contributed by atoms with Crippen molar-refractivity contribution in [1.82, 2.24) is 14.8 Å². The largest absolute Gasteiger partial charge is 0.311 e. The van der Waals surface area contributed by atoms with Crippen LogP contribution >= 0.6 is 12.2 Å². The van der Waals surface area contributed by atoms with Crippen LogP contribution in [0.1, 0.15) is 19.4 Å². The van der Waals surface area contributed by atoms with Crippen LogP contribution < -0.4 is 4.90 Å². The Morgan fingerprint density at radius 1 is 1.28 bits per heavy atom. The van der Waals surface area contributed by atoms with Crippen molar-refractivity contribution in [1.29, 1.82) is 0 Å². The van der Waals surface area contributed by atoms with E-state index in [1.165, 1.54) is 5.56 Å². The molecular formula is C13H18N4S. The first kappa shape index (κ1) is 12.8. The highest BCUT2D eigenvalue weighted by Gasteiger charge is 2.13. The second kappa shape index (κ2) is 5.35. The zero-order valence-electron chi connectivity index (χ0n) is 11.0. The van der Waals surface area contributed by atoms with Crippen molar-refractivity contribution >= 4 is 23.9 Å². The van der Waals surface area contributed by atoms with Crippen LogP contribution in [0.25, 0.3) is 0 Å². The van der Waals surface area contributed by atoms with E-state index in [-0.39, 0.29) is 0 Å². The Morgan fingerprint density at radius 2 is 1.94 bits per heavy atom. The third kappa shape index (κ3) is 2.31. The highest BCUT2D eigenvalue weighted by molar-refractivity contribution is 7.71. The van der Waals surface area contributed by atoms with E-state index in [9.17, 15) is 0 Å². The van der Waals surface area contributed by atoms with Crippen LogP contribution in [0.3, 0.4) is 0 Å². The van der Waals surface area contributed by atoms with Gasteiger partial charge in [-0.2, -0.15) is 0 Å². The molecule has 1 aromatic heterocycles. The third-order valence-electron chi connectivity index (χ3n) is 2.96. The molecule has 0 aliphatic rings. The smallest absolute Gasteiger partial charge is 0.230 e. The van der Waals surface area contributed by atoms with Crippen molar-refractivity contribution < 1.29 is 0 Å². The fourth-order valence-corrected chi connectivity index (χ4v) is 2.22. The van der Waals surface area contributed by atoms with E-state index in [4.69, 9.17) is 12.2 Å². The number of rotatable bonds is 4. The fourth-order valence-electron chi connectivity index (χ4n) is 1.96. The molecule has 0 saturated heterocycles. The molecule has 2 rings (SSSR count). The molecule has 0 aliphatic heterocycles. The Kier molecular flexibility index (Phi) is 3.81. The van der Waals surface area contributed by atoms with Crippen LogP contribution in [0.4, 0.5) is 11.6 Å². The van der Waals surface area contributed by atoms with Gasteiger partial charge < -0.3 is 4.90 Å². The SMILES string of the molecule is CCN(c1ccc(C)cc1)c1n[nH]c(=S)n1CC. The molecule has 4 nitrogen and oxygen atoms in total. The van der Waals surface area contributed by atoms with Crippen molar-refractivity contribution in [2.24, 2.45) is 0 Å². The van der Waals surface area contributed by atoms with E-state index in [0.717, 1.165) is 24.7 Å². The van der Waals surface area contributed by atoms with Crippen molar-refractivity contribution in [2.45, 2.75) is 27.3 Å². The Hall–Kier alpha value is -1.62. The Morgan fingerprint density at radius 3 is 2.50 bits per heavy atom. The number of hydrogen-bond donors (Lipinski definition) is 1. The van der Waals surface area contributed by atoms with Gasteiger partial charge in [-0.25, -0.2) is 5.10 Å². The molecule has 0 radical (unpaired) electrons. The minimum absolute atomic E-state index is 0.665. The molecule has 0 unspecified atom stereocenters. The highest BCUT2D eigenvalue weighted by atomic mass is 32.1. The van der Waals surface area contributed by atoms with Gasteiger partial charge in [0.15, 0.2) is 4.77 Å². The molecule has 1 N–H and O–H groups in total. The molecule has 0 aliphatic carbocycles. The summed E-state index contributed by atoms with van der Waals surface area (Å²) in [7, 11) is 0. The molecule has 2 aromatic rings. The highest BCUT2D eigenvalue weighted by Crippen LogP contribution is 2.23. The second-order valence-electron chi connectivity index (χ2n) is 4.15. The van der Waals surface area contributed by atoms with E-state index in [0.29, 0.717) is 4.77 Å². The summed E-state index contributed by atoms with van der Waals surface area (Å²) in [5.74, 6) is 0.869. The molecule has 5 heteroatoms. The molecule has 1 aromatic carbocycles. The Balaban J connectivity index is 2.45. The number of H-pyrrole nitrogens is 1. The van der Waals surface area contributed by atoms with E-state index < -0.39 is 0 Å². The molecule has 0 fully saturated rings. The summed E-state index contributed by atoms with van der Waals surface area (Å²) in [4.78, 5) is 2.15. The average molecular weight is 262 g/mol. The Labute approximate surface area is 112 Å². The number of aryl methyl sites for hydroxylation is 1. The first-order valence-electron chi connectivity index (χ1n) is 6.16. The van der Waals surface area contributed by atoms with Gasteiger partial charge in [0.1, 0.15) is 0 Å². The van der Waals surface area contributed by atoms with Gasteiger partial charge >= 0.3 is 0 Å². The zero-order chi connectivity index (χ0) is 13.1. The van der Waals surface area contributed by atoms with Gasteiger partial charge in [0, 0.05) is 18.8 Å². The summed E-state index contributed by atoms with van der Waals surface area (Å²) in [6.07, 6.45) is 0. The normalized spacial score (nSPS) is 10.6. The summed E-state index contributed by atoms with van der Waals surface area (Å²) in [6, 6.07) is 8.43. The van der Waals surface area contributed by atoms with E-state index in [1.807, 2.05) is 4.57 Å². The van der Waals surface area contributed by atoms with Crippen LogP contribution in [0.15, 0.2) is 24.3 Å². The maximum atomic E-state index is 5.23. The lowest BCUT2D eigenvalue weighted by Gasteiger charge is -2.22. The zero-order valence-corrected chi connectivity index (χ0v) is 11.8. The third-order valence-corrected chi connectivity index (χ3v) is 3.27. The van der Waals surface area contributed by atoms with Crippen molar-refractivity contribution in [2.75, 3.05) is 11.4 Å². The number of benzene rings is 1. The maximum Gasteiger partial charge on any atom is 0.230 e. The number of nitrogens with one attached hydrogen (secondary N) is 1. The van der Waals surface area contributed by atoms with Gasteiger partial charge in [0.2, 0.25) is 5.95 Å². The van der Waals surface area contributed by atoms with Crippen LogP contribution in [-0.2, 0) is 6.54 Å². The molecule has 0 atom stereocenters. The van der Waals surface area contributed by atoms with Crippen molar-refractivity contribution in [3.05, 3.63) is 34.6 Å². The van der Waals surface area contributed by atoms with Gasteiger partial charge in [-0.3, -0.25) is 4.57 Å². The molecule has 0 amide bonds. The predicted octanol–water partition coefficient (Wildman–Crippen LogP) is 3.43. The van der Waals surface area contributed by atoms with E-state index in [1.54, 1.807) is 0 Å². The number of hydrogen-bond acceptors (Lipinski definition) is 3. The lowest BCUT2D eigenvalue weighted by molar-refractivity contribution is 0.733. The molecule has 0 bridgehead atoms. The predicted molar refractivity (Wildman–Crippen MR) is 76.9 cm³/mol. The van der Waals surface area contributed by atoms with Crippen LogP contribution in [0, 0.1) is 11.7 Å². The van der Waals surface area contributed by atoms with E-state index >= 15 is 0 Å². The number of nitrogens with zero attached hydrogens (tertiary/aromatic N) is 3. The number of aromatic amines is 1. The quantitative estimate of drug-likeness (QED) is 0.858. The van der Waals surface area contributed by atoms with Gasteiger partial charge in [0.05, 0.1) is 0 Å². The minimum atomic E-state index is 0.665. The second-order valence-corrected chi connectivity index (χ2v) is 4.54. The number of aromatic nitrogens is 3. The summed E-state index contributed by atoms with van der Waals surface area (Å²) in [6.45, 7) is 7.92. The average Bonchev–Trinajstić information content (AvgIpc) is 2.74. The fraction of sp³-hybridized carbons (Fsp3) is 0.385. The topological polar surface area (TPSA) is 36.9 Å².